The van der Waals surface area contributed by atoms with Gasteiger partial charge in [-0.1, -0.05) is 11.8 Å². The van der Waals surface area contributed by atoms with Crippen molar-refractivity contribution in [1.82, 2.24) is 24.4 Å². The van der Waals surface area contributed by atoms with Gasteiger partial charge < -0.3 is 23.9 Å². The summed E-state index contributed by atoms with van der Waals surface area (Å²) in [7, 11) is 0.0323. The molecule has 41 heavy (non-hydrogen) atoms. The van der Waals surface area contributed by atoms with E-state index in [9.17, 15) is 12.8 Å². The van der Waals surface area contributed by atoms with Crippen LogP contribution in [0, 0.1) is 5.82 Å². The van der Waals surface area contributed by atoms with E-state index in [0.29, 0.717) is 49.2 Å². The minimum absolute atomic E-state index is 0.0101. The van der Waals surface area contributed by atoms with Crippen LogP contribution < -0.4 is 14.2 Å². The second kappa shape index (κ2) is 12.6. The third kappa shape index (κ3) is 7.64. The second-order valence-corrected chi connectivity index (χ2v) is 12.4. The monoisotopic (exact) mass is 602 g/mol. The van der Waals surface area contributed by atoms with E-state index in [0.717, 1.165) is 23.4 Å². The van der Waals surface area contributed by atoms with Crippen molar-refractivity contribution in [3.05, 3.63) is 54.3 Å². The van der Waals surface area contributed by atoms with Crippen LogP contribution in [-0.2, 0) is 14.9 Å². The Kier molecular flexibility index (Phi) is 8.92. The van der Waals surface area contributed by atoms with E-state index in [4.69, 9.17) is 23.6 Å². The fraction of sp³-hybridized carbons (Fsp3) is 0.370. The molecule has 2 aromatic heterocycles. The van der Waals surface area contributed by atoms with Crippen molar-refractivity contribution < 1.29 is 26.5 Å². The maximum Gasteiger partial charge on any atom is 0.307 e. The van der Waals surface area contributed by atoms with Crippen molar-refractivity contribution in [2.75, 3.05) is 52.0 Å². The minimum atomic E-state index is -3.93. The van der Waals surface area contributed by atoms with E-state index >= 15 is 0 Å². The van der Waals surface area contributed by atoms with Gasteiger partial charge in [-0.25, -0.2) is 9.37 Å². The average Bonchev–Trinajstić information content (AvgIpc) is 3.28. The molecule has 2 aromatic carbocycles. The van der Waals surface area contributed by atoms with Crippen LogP contribution in [0.5, 0.6) is 11.6 Å². The predicted molar refractivity (Wildman–Crippen MR) is 154 cm³/mol. The number of anilines is 2. The van der Waals surface area contributed by atoms with Gasteiger partial charge in [0.2, 0.25) is 5.95 Å². The number of hydrogen-bond donors (Lipinski definition) is 1. The smallest absolute Gasteiger partial charge is 0.307 e. The minimum Gasteiger partial charge on any atom is -0.492 e. The van der Waals surface area contributed by atoms with Crippen molar-refractivity contribution in [3.63, 3.8) is 0 Å². The Balaban J connectivity index is 1.53. The molecule has 0 spiro atoms. The molecule has 0 aliphatic carbocycles. The third-order valence-electron chi connectivity index (χ3n) is 6.20. The van der Waals surface area contributed by atoms with E-state index in [-0.39, 0.29) is 29.2 Å². The summed E-state index contributed by atoms with van der Waals surface area (Å²) in [4.78, 5) is 16.6. The molecule has 0 bridgehead atoms. The standard InChI is InChI=1S/C27H31FN6O5S2/c1-33(2)14-17-38-21-8-6-19(7-9-21)29-26-31-24-23(25(32-26)39-41(3,35)36)30-27(34(24)20-12-15-37-16-13-20)40-22-10-4-18(28)5-11-22/h4-11,20H,12-17H2,1-3H3,(H,29,31,32). The van der Waals surface area contributed by atoms with Gasteiger partial charge in [-0.3, -0.25) is 4.57 Å². The van der Waals surface area contributed by atoms with Crippen LogP contribution in [0.2, 0.25) is 0 Å². The van der Waals surface area contributed by atoms with Gasteiger partial charge in [0, 0.05) is 36.4 Å². The molecule has 1 fully saturated rings. The van der Waals surface area contributed by atoms with Gasteiger partial charge in [0.15, 0.2) is 16.3 Å². The first-order valence-electron chi connectivity index (χ1n) is 13.0. The van der Waals surface area contributed by atoms with E-state index in [1.54, 1.807) is 12.1 Å². The number of benzene rings is 2. The Morgan fingerprint density at radius 2 is 1.78 bits per heavy atom. The molecule has 11 nitrogen and oxygen atoms in total. The first-order chi connectivity index (χ1) is 19.6. The lowest BCUT2D eigenvalue weighted by atomic mass is 10.1. The summed E-state index contributed by atoms with van der Waals surface area (Å²) in [6, 6.07) is 13.4. The van der Waals surface area contributed by atoms with Crippen molar-refractivity contribution in [1.29, 1.82) is 0 Å². The molecule has 1 aliphatic heterocycles. The maximum atomic E-state index is 13.6. The summed E-state index contributed by atoms with van der Waals surface area (Å²) >= 11 is 1.32. The van der Waals surface area contributed by atoms with Gasteiger partial charge in [-0.15, -0.1) is 0 Å². The summed E-state index contributed by atoms with van der Waals surface area (Å²) in [5.74, 6) is 0.333. The quantitative estimate of drug-likeness (QED) is 0.245. The van der Waals surface area contributed by atoms with E-state index in [1.807, 2.05) is 47.8 Å². The molecule has 1 saturated heterocycles. The molecule has 1 N–H and O–H groups in total. The van der Waals surface area contributed by atoms with Crippen LogP contribution in [-0.4, -0.2) is 79.6 Å². The Morgan fingerprint density at radius 1 is 1.07 bits per heavy atom. The normalized spacial score (nSPS) is 14.5. The van der Waals surface area contributed by atoms with Crippen molar-refractivity contribution >= 4 is 44.7 Å². The van der Waals surface area contributed by atoms with Gasteiger partial charge >= 0.3 is 10.1 Å². The molecule has 0 radical (unpaired) electrons. The molecule has 3 heterocycles. The number of imidazole rings is 1. The Labute approximate surface area is 242 Å². The van der Waals surface area contributed by atoms with Crippen LogP contribution in [0.25, 0.3) is 11.2 Å². The molecule has 0 saturated carbocycles. The first kappa shape index (κ1) is 29.0. The summed E-state index contributed by atoms with van der Waals surface area (Å²) in [5.41, 5.74) is 1.30. The van der Waals surface area contributed by atoms with E-state index in [1.165, 1.54) is 23.9 Å². The molecular weight excluding hydrogens is 571 g/mol. The lowest BCUT2D eigenvalue weighted by molar-refractivity contribution is 0.0683. The number of likely N-dealkylation sites (N-methyl/N-ethyl adjacent to an activating group) is 1. The van der Waals surface area contributed by atoms with Gasteiger partial charge in [0.25, 0.3) is 5.88 Å². The summed E-state index contributed by atoms with van der Waals surface area (Å²) in [6.45, 7) is 2.48. The number of ether oxygens (including phenoxy) is 2. The molecule has 218 valence electrons. The number of aromatic nitrogens is 4. The molecule has 0 atom stereocenters. The molecule has 5 rings (SSSR count). The Morgan fingerprint density at radius 3 is 2.44 bits per heavy atom. The highest BCUT2D eigenvalue weighted by Crippen LogP contribution is 2.38. The third-order valence-corrected chi connectivity index (χ3v) is 7.64. The van der Waals surface area contributed by atoms with Crippen LogP contribution in [0.15, 0.2) is 58.6 Å². The predicted octanol–water partition coefficient (Wildman–Crippen LogP) is 4.49. The van der Waals surface area contributed by atoms with Gasteiger partial charge in [-0.2, -0.15) is 18.4 Å². The zero-order chi connectivity index (χ0) is 29.0. The number of rotatable bonds is 11. The topological polar surface area (TPSA) is 121 Å². The van der Waals surface area contributed by atoms with Gasteiger partial charge in [0.1, 0.15) is 18.2 Å². The Hall–Kier alpha value is -3.46. The highest BCUT2D eigenvalue weighted by molar-refractivity contribution is 7.99. The molecule has 0 amide bonds. The fourth-order valence-corrected chi connectivity index (χ4v) is 5.61. The maximum absolute atomic E-state index is 13.6. The number of fused-ring (bicyclic) bond motifs is 1. The molecular formula is C27H31FN6O5S2. The second-order valence-electron chi connectivity index (χ2n) is 9.78. The first-order valence-corrected chi connectivity index (χ1v) is 15.6. The lowest BCUT2D eigenvalue weighted by Crippen LogP contribution is -2.20. The highest BCUT2D eigenvalue weighted by Gasteiger charge is 2.27. The molecule has 1 aliphatic rings. The van der Waals surface area contributed by atoms with Crippen molar-refractivity contribution in [3.8, 4) is 11.6 Å². The Bertz CT molecular complexity index is 1590. The zero-order valence-electron chi connectivity index (χ0n) is 22.9. The number of nitrogens with zero attached hydrogens (tertiary/aromatic N) is 5. The van der Waals surface area contributed by atoms with Crippen LogP contribution in [0.1, 0.15) is 18.9 Å². The summed E-state index contributed by atoms with van der Waals surface area (Å²) in [5, 5.41) is 3.70. The van der Waals surface area contributed by atoms with Crippen LogP contribution in [0.3, 0.4) is 0 Å². The number of halogens is 1. The van der Waals surface area contributed by atoms with E-state index < -0.39 is 10.1 Å². The molecule has 14 heteroatoms. The number of nitrogens with one attached hydrogen (secondary N) is 1. The zero-order valence-corrected chi connectivity index (χ0v) is 24.5. The molecule has 4 aromatic rings. The van der Waals surface area contributed by atoms with Crippen molar-refractivity contribution in [2.24, 2.45) is 0 Å². The summed E-state index contributed by atoms with van der Waals surface area (Å²) < 4.78 is 56.5. The highest BCUT2D eigenvalue weighted by atomic mass is 32.2. The lowest BCUT2D eigenvalue weighted by Gasteiger charge is -2.25. The van der Waals surface area contributed by atoms with E-state index in [2.05, 4.69) is 10.3 Å². The fourth-order valence-electron chi connectivity index (χ4n) is 4.25. The average molecular weight is 603 g/mol. The largest absolute Gasteiger partial charge is 0.492 e. The van der Waals surface area contributed by atoms with Gasteiger partial charge in [0.05, 0.1) is 6.26 Å². The van der Waals surface area contributed by atoms with Gasteiger partial charge in [-0.05, 0) is 75.5 Å². The van der Waals surface area contributed by atoms with Crippen LogP contribution >= 0.6 is 11.8 Å². The summed E-state index contributed by atoms with van der Waals surface area (Å²) in [6.07, 6.45) is 2.38. The SMILES string of the molecule is CN(C)CCOc1ccc(Nc2nc(OS(C)(=O)=O)c3nc(Sc4ccc(F)cc4)n(C4CCOCC4)c3n2)cc1. The number of hydrogen-bond acceptors (Lipinski definition) is 11. The van der Waals surface area contributed by atoms with Crippen LogP contribution in [0.4, 0.5) is 16.0 Å². The molecule has 0 unspecified atom stereocenters. The van der Waals surface area contributed by atoms with Crippen molar-refractivity contribution in [2.45, 2.75) is 28.9 Å².